The van der Waals surface area contributed by atoms with E-state index in [0.29, 0.717) is 6.42 Å². The Morgan fingerprint density at radius 3 is 2.48 bits per heavy atom. The van der Waals surface area contributed by atoms with Crippen LogP contribution in [0.5, 0.6) is 5.75 Å². The summed E-state index contributed by atoms with van der Waals surface area (Å²) in [5.41, 5.74) is 4.70. The maximum atomic E-state index is 12.0. The predicted octanol–water partition coefficient (Wildman–Crippen LogP) is 5.12. The van der Waals surface area contributed by atoms with E-state index in [9.17, 15) is 4.79 Å². The van der Waals surface area contributed by atoms with Crippen LogP contribution in [0.1, 0.15) is 23.7 Å². The van der Waals surface area contributed by atoms with Gasteiger partial charge in [0.15, 0.2) is 0 Å². The maximum absolute atomic E-state index is 12.0. The molecule has 0 aliphatic heterocycles. The van der Waals surface area contributed by atoms with Crippen LogP contribution < -0.4 is 4.74 Å². The number of ether oxygens (including phenoxy) is 2. The van der Waals surface area contributed by atoms with Gasteiger partial charge in [-0.15, -0.1) is 0 Å². The Bertz CT molecular complexity index is 960. The average Bonchev–Trinajstić information content (AvgIpc) is 2.93. The molecule has 27 heavy (non-hydrogen) atoms. The van der Waals surface area contributed by atoms with Crippen molar-refractivity contribution in [3.05, 3.63) is 63.8 Å². The molecule has 0 amide bonds. The summed E-state index contributed by atoms with van der Waals surface area (Å²) >= 11 is 3.49. The summed E-state index contributed by atoms with van der Waals surface area (Å²) in [6.45, 7) is 4.79. The standard InChI is InChI=1S/C22H24BrNO3/c1-14(22(25)27-4)11-19-15(2)24(13-16-5-7-17(23)8-6-16)21-10-9-18(26-3)12-20(19)21/h5-10,12,14H,11,13H2,1-4H3. The van der Waals surface area contributed by atoms with E-state index < -0.39 is 0 Å². The number of hydrogen-bond donors (Lipinski definition) is 0. The molecule has 0 saturated heterocycles. The fraction of sp³-hybridized carbons (Fsp3) is 0.318. The Labute approximate surface area is 168 Å². The van der Waals surface area contributed by atoms with E-state index in [2.05, 4.69) is 63.8 Å². The van der Waals surface area contributed by atoms with Crippen LogP contribution >= 0.6 is 15.9 Å². The fourth-order valence-corrected chi connectivity index (χ4v) is 3.75. The van der Waals surface area contributed by atoms with Gasteiger partial charge < -0.3 is 14.0 Å². The molecule has 0 bridgehead atoms. The SMILES string of the molecule is COC(=O)C(C)Cc1c(C)n(Cc2ccc(Br)cc2)c2ccc(OC)cc12. The molecule has 0 aliphatic carbocycles. The van der Waals surface area contributed by atoms with Gasteiger partial charge in [-0.25, -0.2) is 0 Å². The maximum Gasteiger partial charge on any atom is 0.308 e. The monoisotopic (exact) mass is 429 g/mol. The molecule has 0 spiro atoms. The van der Waals surface area contributed by atoms with Crippen molar-refractivity contribution in [2.24, 2.45) is 5.92 Å². The third-order valence-electron chi connectivity index (χ3n) is 5.03. The minimum Gasteiger partial charge on any atom is -0.497 e. The van der Waals surface area contributed by atoms with E-state index in [1.165, 1.54) is 18.2 Å². The van der Waals surface area contributed by atoms with Gasteiger partial charge in [0.05, 0.1) is 20.1 Å². The van der Waals surface area contributed by atoms with Crippen LogP contribution in [-0.4, -0.2) is 24.8 Å². The van der Waals surface area contributed by atoms with Gasteiger partial charge >= 0.3 is 5.97 Å². The second-order valence-corrected chi connectivity index (χ2v) is 7.70. The minimum absolute atomic E-state index is 0.189. The molecule has 1 aromatic heterocycles. The molecule has 0 aliphatic rings. The van der Waals surface area contributed by atoms with Gasteiger partial charge in [0, 0.05) is 27.6 Å². The number of nitrogens with zero attached hydrogens (tertiary/aromatic N) is 1. The molecular weight excluding hydrogens is 406 g/mol. The van der Waals surface area contributed by atoms with Crippen LogP contribution in [0.15, 0.2) is 46.9 Å². The smallest absolute Gasteiger partial charge is 0.308 e. The van der Waals surface area contributed by atoms with Gasteiger partial charge in [-0.1, -0.05) is 35.0 Å². The van der Waals surface area contributed by atoms with Gasteiger partial charge in [0.25, 0.3) is 0 Å². The zero-order valence-electron chi connectivity index (χ0n) is 16.1. The lowest BCUT2D eigenvalue weighted by atomic mass is 9.98. The number of carbonyl (C=O) groups excluding carboxylic acids is 1. The molecule has 3 rings (SSSR count). The predicted molar refractivity (Wildman–Crippen MR) is 111 cm³/mol. The summed E-state index contributed by atoms with van der Waals surface area (Å²) in [5.74, 6) is 0.424. The van der Waals surface area contributed by atoms with Crippen molar-refractivity contribution >= 4 is 32.8 Å². The molecular formula is C22H24BrNO3. The van der Waals surface area contributed by atoms with Crippen molar-refractivity contribution in [2.75, 3.05) is 14.2 Å². The second-order valence-electron chi connectivity index (χ2n) is 6.79. The minimum atomic E-state index is -0.202. The second kappa shape index (κ2) is 8.17. The summed E-state index contributed by atoms with van der Waals surface area (Å²) in [6.07, 6.45) is 0.634. The summed E-state index contributed by atoms with van der Waals surface area (Å²) in [7, 11) is 3.11. The lowest BCUT2D eigenvalue weighted by Crippen LogP contribution is -2.15. The highest BCUT2D eigenvalue weighted by Gasteiger charge is 2.21. The average molecular weight is 430 g/mol. The van der Waals surface area contributed by atoms with E-state index >= 15 is 0 Å². The van der Waals surface area contributed by atoms with Crippen molar-refractivity contribution < 1.29 is 14.3 Å². The molecule has 2 aromatic carbocycles. The third-order valence-corrected chi connectivity index (χ3v) is 5.56. The van der Waals surface area contributed by atoms with E-state index in [-0.39, 0.29) is 11.9 Å². The molecule has 0 fully saturated rings. The molecule has 3 aromatic rings. The third kappa shape index (κ3) is 4.03. The summed E-state index contributed by atoms with van der Waals surface area (Å²) in [4.78, 5) is 12.0. The Morgan fingerprint density at radius 2 is 1.85 bits per heavy atom. The first-order valence-electron chi connectivity index (χ1n) is 8.92. The lowest BCUT2D eigenvalue weighted by molar-refractivity contribution is -0.144. The number of esters is 1. The molecule has 1 unspecified atom stereocenters. The van der Waals surface area contributed by atoms with E-state index in [1.807, 2.05) is 13.0 Å². The number of hydrogen-bond acceptors (Lipinski definition) is 3. The first kappa shape index (κ1) is 19.5. The highest BCUT2D eigenvalue weighted by atomic mass is 79.9. The Morgan fingerprint density at radius 1 is 1.15 bits per heavy atom. The zero-order valence-corrected chi connectivity index (χ0v) is 17.7. The summed E-state index contributed by atoms with van der Waals surface area (Å²) in [5, 5.41) is 1.12. The van der Waals surface area contributed by atoms with Gasteiger partial charge in [0.2, 0.25) is 0 Å². The number of carbonyl (C=O) groups is 1. The van der Waals surface area contributed by atoms with Crippen molar-refractivity contribution in [3.8, 4) is 5.75 Å². The lowest BCUT2D eigenvalue weighted by Gasteiger charge is -2.11. The van der Waals surface area contributed by atoms with E-state index in [0.717, 1.165) is 33.4 Å². The molecule has 0 radical (unpaired) electrons. The van der Waals surface area contributed by atoms with Crippen LogP contribution in [0.4, 0.5) is 0 Å². The number of halogens is 1. The Balaban J connectivity index is 2.08. The molecule has 0 saturated carbocycles. The molecule has 5 heteroatoms. The van der Waals surface area contributed by atoms with Crippen LogP contribution in [0.2, 0.25) is 0 Å². The number of rotatable bonds is 6. The number of benzene rings is 2. The summed E-state index contributed by atoms with van der Waals surface area (Å²) in [6, 6.07) is 14.5. The van der Waals surface area contributed by atoms with E-state index in [1.54, 1.807) is 7.11 Å². The molecule has 1 atom stereocenters. The molecule has 142 valence electrons. The van der Waals surface area contributed by atoms with Crippen molar-refractivity contribution in [2.45, 2.75) is 26.8 Å². The number of aromatic nitrogens is 1. The topological polar surface area (TPSA) is 40.5 Å². The Kier molecular flexibility index (Phi) is 5.90. The van der Waals surface area contributed by atoms with Gasteiger partial charge in [0.1, 0.15) is 5.75 Å². The fourth-order valence-electron chi connectivity index (χ4n) is 3.48. The molecule has 1 heterocycles. The first-order valence-corrected chi connectivity index (χ1v) is 9.72. The van der Waals surface area contributed by atoms with Crippen LogP contribution in [0.3, 0.4) is 0 Å². The highest BCUT2D eigenvalue weighted by Crippen LogP contribution is 2.32. The van der Waals surface area contributed by atoms with E-state index in [4.69, 9.17) is 9.47 Å². The normalized spacial score (nSPS) is 12.2. The molecule has 0 N–H and O–H groups in total. The van der Waals surface area contributed by atoms with Crippen molar-refractivity contribution in [1.29, 1.82) is 0 Å². The number of methoxy groups -OCH3 is 2. The van der Waals surface area contributed by atoms with Crippen LogP contribution in [0.25, 0.3) is 10.9 Å². The highest BCUT2D eigenvalue weighted by molar-refractivity contribution is 9.10. The van der Waals surface area contributed by atoms with Crippen molar-refractivity contribution in [1.82, 2.24) is 4.57 Å². The molecule has 4 nitrogen and oxygen atoms in total. The van der Waals surface area contributed by atoms with Crippen LogP contribution in [0, 0.1) is 12.8 Å². The zero-order chi connectivity index (χ0) is 19.6. The van der Waals surface area contributed by atoms with Crippen molar-refractivity contribution in [3.63, 3.8) is 0 Å². The quantitative estimate of drug-likeness (QED) is 0.510. The Hall–Kier alpha value is -2.27. The summed E-state index contributed by atoms with van der Waals surface area (Å²) < 4.78 is 13.7. The van der Waals surface area contributed by atoms with Gasteiger partial charge in [-0.2, -0.15) is 0 Å². The van der Waals surface area contributed by atoms with Gasteiger partial charge in [-0.05, 0) is 54.8 Å². The largest absolute Gasteiger partial charge is 0.497 e. The van der Waals surface area contributed by atoms with Gasteiger partial charge in [-0.3, -0.25) is 4.79 Å². The first-order chi connectivity index (χ1) is 12.9. The number of fused-ring (bicyclic) bond motifs is 1. The van der Waals surface area contributed by atoms with Crippen LogP contribution in [-0.2, 0) is 22.5 Å².